The molecule has 140 valence electrons. The van der Waals surface area contributed by atoms with Crippen molar-refractivity contribution in [2.24, 2.45) is 7.05 Å². The lowest BCUT2D eigenvalue weighted by molar-refractivity contribution is 0.214. The maximum absolute atomic E-state index is 12.3. The van der Waals surface area contributed by atoms with Gasteiger partial charge in [-0.15, -0.1) is 0 Å². The first-order valence-corrected chi connectivity index (χ1v) is 9.09. The Morgan fingerprint density at radius 3 is 2.69 bits per heavy atom. The Morgan fingerprint density at radius 1 is 1.19 bits per heavy atom. The van der Waals surface area contributed by atoms with Crippen molar-refractivity contribution >= 4 is 0 Å². The fraction of sp³-hybridized carbons (Fsp3) is 0.579. The topological polar surface area (TPSA) is 73.0 Å². The lowest BCUT2D eigenvalue weighted by Crippen LogP contribution is -2.39. The van der Waals surface area contributed by atoms with E-state index < -0.39 is 0 Å². The van der Waals surface area contributed by atoms with E-state index in [2.05, 4.69) is 35.9 Å². The molecular formula is C19H27N5O2. The average molecular weight is 357 g/mol. The van der Waals surface area contributed by atoms with Crippen LogP contribution in [0.4, 0.5) is 0 Å². The number of aryl methyl sites for hydroxylation is 1. The Hall–Kier alpha value is -2.28. The van der Waals surface area contributed by atoms with Crippen molar-refractivity contribution in [2.45, 2.75) is 58.2 Å². The van der Waals surface area contributed by atoms with Gasteiger partial charge >= 0.3 is 0 Å². The molecule has 0 N–H and O–H groups in total. The van der Waals surface area contributed by atoms with Crippen LogP contribution in [-0.2, 0) is 25.6 Å². The minimum absolute atomic E-state index is 0.0665. The highest BCUT2D eigenvalue weighted by Gasteiger charge is 2.27. The van der Waals surface area contributed by atoms with E-state index in [0.29, 0.717) is 13.1 Å². The van der Waals surface area contributed by atoms with Gasteiger partial charge < -0.3 is 0 Å². The molecule has 0 aliphatic carbocycles. The van der Waals surface area contributed by atoms with Crippen molar-refractivity contribution in [3.05, 3.63) is 56.4 Å². The molecule has 7 nitrogen and oxygen atoms in total. The summed E-state index contributed by atoms with van der Waals surface area (Å²) in [7, 11) is 1.66. The number of hydrogen-bond donors (Lipinski definition) is 0. The van der Waals surface area contributed by atoms with Crippen molar-refractivity contribution in [3.8, 4) is 0 Å². The highest BCUT2D eigenvalue weighted by molar-refractivity contribution is 5.11. The van der Waals surface area contributed by atoms with E-state index in [0.717, 1.165) is 30.6 Å². The Labute approximate surface area is 153 Å². The zero-order valence-electron chi connectivity index (χ0n) is 16.0. The maximum Gasteiger partial charge on any atom is 0.270 e. The molecule has 0 amide bonds. The second-order valence-electron chi connectivity index (χ2n) is 8.04. The van der Waals surface area contributed by atoms with Crippen molar-refractivity contribution in [1.29, 1.82) is 0 Å². The number of aromatic nitrogens is 4. The van der Waals surface area contributed by atoms with Gasteiger partial charge in [-0.05, 0) is 31.5 Å². The van der Waals surface area contributed by atoms with E-state index in [9.17, 15) is 9.59 Å². The highest BCUT2D eigenvalue weighted by atomic mass is 16.1. The first-order valence-electron chi connectivity index (χ1n) is 9.09. The smallest absolute Gasteiger partial charge is 0.270 e. The molecule has 1 aliphatic heterocycles. The van der Waals surface area contributed by atoms with Crippen molar-refractivity contribution in [2.75, 3.05) is 6.54 Å². The summed E-state index contributed by atoms with van der Waals surface area (Å²) in [5.41, 5.74) is 1.39. The minimum Gasteiger partial charge on any atom is -0.294 e. The lowest BCUT2D eigenvalue weighted by Gasteiger charge is -2.25. The largest absolute Gasteiger partial charge is 0.294 e. The zero-order valence-corrected chi connectivity index (χ0v) is 16.0. The van der Waals surface area contributed by atoms with Crippen LogP contribution in [0.15, 0.2) is 34.0 Å². The zero-order chi connectivity index (χ0) is 18.9. The van der Waals surface area contributed by atoms with E-state index in [1.807, 2.05) is 6.07 Å². The molecule has 1 atom stereocenters. The van der Waals surface area contributed by atoms with Crippen LogP contribution in [0.1, 0.15) is 44.9 Å². The van der Waals surface area contributed by atoms with E-state index in [4.69, 9.17) is 0 Å². The Morgan fingerprint density at radius 2 is 1.96 bits per heavy atom. The van der Waals surface area contributed by atoms with Gasteiger partial charge in [0.15, 0.2) is 0 Å². The first kappa shape index (κ1) is 18.5. The predicted molar refractivity (Wildman–Crippen MR) is 100 cm³/mol. The summed E-state index contributed by atoms with van der Waals surface area (Å²) >= 11 is 0. The Balaban J connectivity index is 1.80. The molecule has 2 aromatic heterocycles. The van der Waals surface area contributed by atoms with Gasteiger partial charge in [-0.3, -0.25) is 14.5 Å². The van der Waals surface area contributed by atoms with E-state index in [1.54, 1.807) is 30.1 Å². The van der Waals surface area contributed by atoms with Crippen LogP contribution in [0.2, 0.25) is 0 Å². The van der Waals surface area contributed by atoms with Crippen LogP contribution in [0, 0.1) is 0 Å². The monoisotopic (exact) mass is 357 g/mol. The van der Waals surface area contributed by atoms with Crippen LogP contribution in [-0.4, -0.2) is 37.0 Å². The number of rotatable bonds is 4. The summed E-state index contributed by atoms with van der Waals surface area (Å²) in [4.78, 5) is 26.8. The fourth-order valence-corrected chi connectivity index (χ4v) is 3.38. The van der Waals surface area contributed by atoms with Crippen LogP contribution < -0.4 is 11.1 Å². The number of likely N-dealkylation sites (tertiary alicyclic amines) is 1. The third kappa shape index (κ3) is 3.93. The maximum atomic E-state index is 12.3. The summed E-state index contributed by atoms with van der Waals surface area (Å²) in [5.74, 6) is 0. The molecule has 3 rings (SSSR count). The van der Waals surface area contributed by atoms with Gasteiger partial charge in [0.1, 0.15) is 0 Å². The average Bonchev–Trinajstić information content (AvgIpc) is 3.00. The minimum atomic E-state index is -0.103. The molecule has 1 saturated heterocycles. The first-order chi connectivity index (χ1) is 12.3. The number of hydrogen-bond acceptors (Lipinski definition) is 5. The van der Waals surface area contributed by atoms with Gasteiger partial charge in [0.25, 0.3) is 11.1 Å². The molecule has 1 fully saturated rings. The summed E-state index contributed by atoms with van der Waals surface area (Å²) in [6.07, 6.45) is 3.71. The van der Waals surface area contributed by atoms with Gasteiger partial charge in [0, 0.05) is 42.9 Å². The molecule has 0 radical (unpaired) electrons. The highest BCUT2D eigenvalue weighted by Crippen LogP contribution is 2.21. The summed E-state index contributed by atoms with van der Waals surface area (Å²) in [6.45, 7) is 8.31. The van der Waals surface area contributed by atoms with Gasteiger partial charge in [0.05, 0.1) is 12.2 Å². The van der Waals surface area contributed by atoms with Crippen LogP contribution >= 0.6 is 0 Å². The van der Waals surface area contributed by atoms with Crippen LogP contribution in [0.25, 0.3) is 0 Å². The molecule has 1 unspecified atom stereocenters. The molecule has 0 spiro atoms. The third-order valence-corrected chi connectivity index (χ3v) is 4.98. The SMILES string of the molecule is Cn1nccc(CN2CCCC2Cn2nc(C(C)(C)C)ccc2=O)c1=O. The molecule has 0 bridgehead atoms. The second kappa shape index (κ2) is 7.15. The van der Waals surface area contributed by atoms with Gasteiger partial charge in [0.2, 0.25) is 0 Å². The molecule has 1 aliphatic rings. The number of nitrogens with zero attached hydrogens (tertiary/aromatic N) is 5. The molecule has 0 aromatic carbocycles. The normalized spacial score (nSPS) is 18.4. The summed E-state index contributed by atoms with van der Waals surface area (Å²) in [6, 6.07) is 5.40. The molecule has 3 heterocycles. The standard InChI is InChI=1S/C19H27N5O2/c1-19(2,3)16-7-8-17(25)24(21-16)13-15-6-5-11-23(15)12-14-9-10-20-22(4)18(14)26/h7-10,15H,5-6,11-13H2,1-4H3. The fourth-order valence-electron chi connectivity index (χ4n) is 3.38. The summed E-state index contributed by atoms with van der Waals surface area (Å²) in [5, 5.41) is 8.56. The predicted octanol–water partition coefficient (Wildman–Crippen LogP) is 1.30. The van der Waals surface area contributed by atoms with Crippen molar-refractivity contribution < 1.29 is 0 Å². The van der Waals surface area contributed by atoms with E-state index >= 15 is 0 Å². The van der Waals surface area contributed by atoms with Gasteiger partial charge in [-0.1, -0.05) is 20.8 Å². The van der Waals surface area contributed by atoms with Crippen LogP contribution in [0.3, 0.4) is 0 Å². The summed E-state index contributed by atoms with van der Waals surface area (Å²) < 4.78 is 2.94. The molecule has 0 saturated carbocycles. The van der Waals surface area contributed by atoms with Crippen molar-refractivity contribution in [1.82, 2.24) is 24.5 Å². The Kier molecular flexibility index (Phi) is 5.09. The quantitative estimate of drug-likeness (QED) is 0.825. The molecule has 7 heteroatoms. The van der Waals surface area contributed by atoms with E-state index in [-0.39, 0.29) is 22.6 Å². The lowest BCUT2D eigenvalue weighted by atomic mass is 9.92. The second-order valence-corrected chi connectivity index (χ2v) is 8.04. The van der Waals surface area contributed by atoms with Crippen molar-refractivity contribution in [3.63, 3.8) is 0 Å². The molecular weight excluding hydrogens is 330 g/mol. The van der Waals surface area contributed by atoms with Crippen LogP contribution in [0.5, 0.6) is 0 Å². The van der Waals surface area contributed by atoms with Gasteiger partial charge in [-0.2, -0.15) is 10.2 Å². The Bertz CT molecular complexity index is 894. The van der Waals surface area contributed by atoms with Gasteiger partial charge in [-0.25, -0.2) is 9.36 Å². The molecule has 26 heavy (non-hydrogen) atoms. The van der Waals surface area contributed by atoms with E-state index in [1.165, 1.54) is 4.68 Å². The molecule has 2 aromatic rings. The third-order valence-electron chi connectivity index (χ3n) is 4.98.